The summed E-state index contributed by atoms with van der Waals surface area (Å²) in [5, 5.41) is 18.2. The average Bonchev–Trinajstić information content (AvgIpc) is 2.82. The fourth-order valence-electron chi connectivity index (χ4n) is 1.64. The van der Waals surface area contributed by atoms with Gasteiger partial charge in [0.15, 0.2) is 4.67 Å². The Labute approximate surface area is 122 Å². The molecule has 0 aliphatic carbocycles. The highest BCUT2D eigenvalue weighted by molar-refractivity contribution is 9.10. The molecule has 0 saturated heterocycles. The van der Waals surface area contributed by atoms with Crippen molar-refractivity contribution in [1.82, 2.24) is 0 Å². The van der Waals surface area contributed by atoms with Crippen LogP contribution < -0.4 is 4.90 Å². The number of carbonyl (C=O) groups is 2. The van der Waals surface area contributed by atoms with Crippen LogP contribution in [0.3, 0.4) is 0 Å². The highest BCUT2D eigenvalue weighted by Gasteiger charge is 2.23. The molecule has 2 rings (SSSR count). The SMILES string of the molecule is O=C(O)CN(C(=O)c1ccoc1Br)c1ccc(O)cc1. The average molecular weight is 340 g/mol. The smallest absolute Gasteiger partial charge is 0.323 e. The number of anilines is 1. The van der Waals surface area contributed by atoms with Gasteiger partial charge in [-0.15, -0.1) is 0 Å². The number of carboxylic acids is 1. The summed E-state index contributed by atoms with van der Waals surface area (Å²) in [5.41, 5.74) is 0.586. The van der Waals surface area contributed by atoms with Gasteiger partial charge in [-0.2, -0.15) is 0 Å². The third kappa shape index (κ3) is 3.00. The minimum Gasteiger partial charge on any atom is -0.508 e. The lowest BCUT2D eigenvalue weighted by atomic mass is 10.2. The summed E-state index contributed by atoms with van der Waals surface area (Å²) in [7, 11) is 0. The Morgan fingerprint density at radius 3 is 2.35 bits per heavy atom. The zero-order valence-corrected chi connectivity index (χ0v) is 11.7. The van der Waals surface area contributed by atoms with E-state index in [-0.39, 0.29) is 16.0 Å². The molecule has 0 bridgehead atoms. The molecule has 0 saturated carbocycles. The number of halogens is 1. The Bertz CT molecular complexity index is 634. The number of phenols is 1. The van der Waals surface area contributed by atoms with Crippen molar-refractivity contribution in [3.8, 4) is 5.75 Å². The lowest BCUT2D eigenvalue weighted by Gasteiger charge is -2.20. The van der Waals surface area contributed by atoms with Crippen LogP contribution in [0.5, 0.6) is 5.75 Å². The lowest BCUT2D eigenvalue weighted by molar-refractivity contribution is -0.135. The van der Waals surface area contributed by atoms with Gasteiger partial charge in [0.2, 0.25) is 0 Å². The van der Waals surface area contributed by atoms with E-state index in [2.05, 4.69) is 15.9 Å². The topological polar surface area (TPSA) is 91.0 Å². The van der Waals surface area contributed by atoms with Crippen LogP contribution in [0.25, 0.3) is 0 Å². The summed E-state index contributed by atoms with van der Waals surface area (Å²) in [6.45, 7) is -0.499. The van der Waals surface area contributed by atoms with Crippen molar-refractivity contribution in [2.75, 3.05) is 11.4 Å². The molecule has 0 spiro atoms. The molecule has 6 nitrogen and oxygen atoms in total. The molecule has 1 aromatic heterocycles. The van der Waals surface area contributed by atoms with E-state index in [9.17, 15) is 14.7 Å². The Kier molecular flexibility index (Phi) is 4.09. The van der Waals surface area contributed by atoms with Gasteiger partial charge in [-0.05, 0) is 46.3 Å². The van der Waals surface area contributed by atoms with Crippen LogP contribution in [0.15, 0.2) is 45.7 Å². The number of nitrogens with zero attached hydrogens (tertiary/aromatic N) is 1. The van der Waals surface area contributed by atoms with Gasteiger partial charge < -0.3 is 14.6 Å². The van der Waals surface area contributed by atoms with Gasteiger partial charge in [0.05, 0.1) is 11.8 Å². The maximum atomic E-state index is 12.4. The number of furan rings is 1. The van der Waals surface area contributed by atoms with Gasteiger partial charge in [0, 0.05) is 5.69 Å². The fourth-order valence-corrected chi connectivity index (χ4v) is 2.05. The quantitative estimate of drug-likeness (QED) is 0.892. The molecular formula is C13H10BrNO5. The normalized spacial score (nSPS) is 10.2. The van der Waals surface area contributed by atoms with Gasteiger partial charge >= 0.3 is 5.97 Å². The molecule has 0 aliphatic heterocycles. The first kappa shape index (κ1) is 14.1. The second kappa shape index (κ2) is 5.79. The molecule has 0 fully saturated rings. The third-order valence-corrected chi connectivity index (χ3v) is 3.16. The van der Waals surface area contributed by atoms with Crippen LogP contribution in [-0.2, 0) is 4.79 Å². The molecule has 1 aromatic carbocycles. The number of amides is 1. The summed E-state index contributed by atoms with van der Waals surface area (Å²) in [6, 6.07) is 7.12. The molecule has 2 aromatic rings. The summed E-state index contributed by atoms with van der Waals surface area (Å²) >= 11 is 3.08. The van der Waals surface area contributed by atoms with Crippen LogP contribution in [0.2, 0.25) is 0 Å². The Hall–Kier alpha value is -2.28. The Balaban J connectivity index is 2.37. The van der Waals surface area contributed by atoms with Gasteiger partial charge in [-0.1, -0.05) is 0 Å². The third-order valence-electron chi connectivity index (χ3n) is 2.55. The first-order chi connectivity index (χ1) is 9.49. The zero-order chi connectivity index (χ0) is 14.7. The van der Waals surface area contributed by atoms with Crippen LogP contribution in [0.1, 0.15) is 10.4 Å². The second-order valence-electron chi connectivity index (χ2n) is 3.91. The summed E-state index contributed by atoms with van der Waals surface area (Å²) in [5.74, 6) is -1.63. The highest BCUT2D eigenvalue weighted by atomic mass is 79.9. The lowest BCUT2D eigenvalue weighted by Crippen LogP contribution is -2.35. The maximum absolute atomic E-state index is 12.4. The van der Waals surface area contributed by atoms with Crippen LogP contribution >= 0.6 is 15.9 Å². The number of phenolic OH excluding ortho intramolecular Hbond substituents is 1. The van der Waals surface area contributed by atoms with Gasteiger partial charge in [0.25, 0.3) is 5.91 Å². The van der Waals surface area contributed by atoms with Crippen LogP contribution in [-0.4, -0.2) is 28.6 Å². The van der Waals surface area contributed by atoms with Crippen molar-refractivity contribution in [3.63, 3.8) is 0 Å². The standard InChI is InChI=1S/C13H10BrNO5/c14-12-10(5-6-20-12)13(19)15(7-11(17)18)8-1-3-9(16)4-2-8/h1-6,16H,7H2,(H,17,18). The second-order valence-corrected chi connectivity index (χ2v) is 4.63. The molecule has 2 N–H and O–H groups in total. The van der Waals surface area contributed by atoms with Crippen molar-refractivity contribution in [2.24, 2.45) is 0 Å². The minimum absolute atomic E-state index is 0.0287. The van der Waals surface area contributed by atoms with Crippen LogP contribution in [0.4, 0.5) is 5.69 Å². The number of hydrogen-bond donors (Lipinski definition) is 2. The van der Waals surface area contributed by atoms with Crippen molar-refractivity contribution < 1.29 is 24.2 Å². The van der Waals surface area contributed by atoms with E-state index >= 15 is 0 Å². The maximum Gasteiger partial charge on any atom is 0.323 e. The predicted octanol–water partition coefficient (Wildman–Crippen LogP) is 2.48. The summed E-state index contributed by atoms with van der Waals surface area (Å²) in [6.07, 6.45) is 1.33. The summed E-state index contributed by atoms with van der Waals surface area (Å²) in [4.78, 5) is 24.4. The molecule has 104 valence electrons. The van der Waals surface area contributed by atoms with Crippen molar-refractivity contribution in [3.05, 3.63) is 46.8 Å². The first-order valence-electron chi connectivity index (χ1n) is 5.54. The van der Waals surface area contributed by atoms with Crippen molar-refractivity contribution >= 4 is 33.5 Å². The molecule has 7 heteroatoms. The number of rotatable bonds is 4. The van der Waals surface area contributed by atoms with E-state index < -0.39 is 18.4 Å². The number of benzene rings is 1. The largest absolute Gasteiger partial charge is 0.508 e. The zero-order valence-electron chi connectivity index (χ0n) is 10.1. The van der Waals surface area contributed by atoms with E-state index in [1.54, 1.807) is 0 Å². The van der Waals surface area contributed by atoms with Crippen molar-refractivity contribution in [1.29, 1.82) is 0 Å². The molecule has 1 heterocycles. The first-order valence-corrected chi connectivity index (χ1v) is 6.34. The van der Waals surface area contributed by atoms with E-state index in [1.165, 1.54) is 36.6 Å². The number of carbonyl (C=O) groups excluding carboxylic acids is 1. The molecule has 0 atom stereocenters. The minimum atomic E-state index is -1.15. The highest BCUT2D eigenvalue weighted by Crippen LogP contribution is 2.24. The monoisotopic (exact) mass is 339 g/mol. The van der Waals surface area contributed by atoms with E-state index in [0.29, 0.717) is 5.69 Å². The van der Waals surface area contributed by atoms with E-state index in [0.717, 1.165) is 4.90 Å². The summed E-state index contributed by atoms with van der Waals surface area (Å²) < 4.78 is 5.21. The molecule has 0 radical (unpaired) electrons. The van der Waals surface area contributed by atoms with Gasteiger partial charge in [0.1, 0.15) is 12.3 Å². The number of aromatic hydroxyl groups is 1. The molecule has 0 unspecified atom stereocenters. The van der Waals surface area contributed by atoms with E-state index in [4.69, 9.17) is 9.52 Å². The fraction of sp³-hybridized carbons (Fsp3) is 0.0769. The van der Waals surface area contributed by atoms with E-state index in [1.807, 2.05) is 0 Å². The molecular weight excluding hydrogens is 330 g/mol. The Morgan fingerprint density at radius 2 is 1.85 bits per heavy atom. The number of carboxylic acid groups (broad SMARTS) is 1. The van der Waals surface area contributed by atoms with Crippen LogP contribution in [0, 0.1) is 0 Å². The molecule has 0 aliphatic rings. The molecule has 20 heavy (non-hydrogen) atoms. The van der Waals surface area contributed by atoms with Gasteiger partial charge in [-0.3, -0.25) is 14.5 Å². The molecule has 1 amide bonds. The van der Waals surface area contributed by atoms with Crippen molar-refractivity contribution in [2.45, 2.75) is 0 Å². The predicted molar refractivity (Wildman–Crippen MR) is 73.8 cm³/mol. The number of hydrogen-bond acceptors (Lipinski definition) is 4. The Morgan fingerprint density at radius 1 is 1.20 bits per heavy atom. The number of aliphatic carboxylic acids is 1. The van der Waals surface area contributed by atoms with Gasteiger partial charge in [-0.25, -0.2) is 0 Å².